The molecule has 0 unspecified atom stereocenters. The Morgan fingerprint density at radius 2 is 1.67 bits per heavy atom. The third-order valence-electron chi connectivity index (χ3n) is 0.258. The van der Waals surface area contributed by atoms with Crippen molar-refractivity contribution in [3.05, 3.63) is 0 Å². The summed E-state index contributed by atoms with van der Waals surface area (Å²) in [6, 6.07) is 0. The van der Waals surface area contributed by atoms with Crippen LogP contribution in [0.4, 0.5) is 0 Å². The maximum Gasteiger partial charge on any atom is 0.0812 e. The van der Waals surface area contributed by atoms with Crippen molar-refractivity contribution in [3.63, 3.8) is 0 Å². The molecule has 0 radical (unpaired) electrons. The SMILES string of the molecule is CN(C)C=N.N. The van der Waals surface area contributed by atoms with Crippen LogP contribution in [0.2, 0.25) is 0 Å². The summed E-state index contributed by atoms with van der Waals surface area (Å²) in [6.07, 6.45) is 1.25. The molecule has 4 N–H and O–H groups in total. The fraction of sp³-hybridized carbons (Fsp3) is 0.667. The van der Waals surface area contributed by atoms with E-state index in [-0.39, 0.29) is 6.15 Å². The van der Waals surface area contributed by atoms with E-state index in [4.69, 9.17) is 5.41 Å². The molecular weight excluding hydrogens is 78.1 g/mol. The van der Waals surface area contributed by atoms with Crippen molar-refractivity contribution in [2.75, 3.05) is 14.1 Å². The largest absolute Gasteiger partial charge is 0.369 e. The van der Waals surface area contributed by atoms with E-state index in [2.05, 4.69) is 0 Å². The van der Waals surface area contributed by atoms with E-state index in [9.17, 15) is 0 Å². The van der Waals surface area contributed by atoms with Crippen molar-refractivity contribution in [1.29, 1.82) is 5.41 Å². The first kappa shape index (κ1) is 9.06. The van der Waals surface area contributed by atoms with Crippen LogP contribution in [0.15, 0.2) is 0 Å². The Morgan fingerprint density at radius 3 is 1.67 bits per heavy atom. The highest BCUT2D eigenvalue weighted by atomic mass is 15.1. The zero-order chi connectivity index (χ0) is 4.28. The van der Waals surface area contributed by atoms with Gasteiger partial charge in [-0.15, -0.1) is 0 Å². The lowest BCUT2D eigenvalue weighted by Gasteiger charge is -1.96. The van der Waals surface area contributed by atoms with Crippen molar-refractivity contribution in [3.8, 4) is 0 Å². The Balaban J connectivity index is 0. The van der Waals surface area contributed by atoms with Crippen molar-refractivity contribution in [2.45, 2.75) is 0 Å². The molecule has 0 amide bonds. The summed E-state index contributed by atoms with van der Waals surface area (Å²) in [7, 11) is 3.62. The van der Waals surface area contributed by atoms with Crippen LogP contribution in [0.1, 0.15) is 0 Å². The van der Waals surface area contributed by atoms with E-state index in [1.54, 1.807) is 4.90 Å². The second-order valence-electron chi connectivity index (χ2n) is 1.09. The van der Waals surface area contributed by atoms with Crippen LogP contribution in [0, 0.1) is 5.41 Å². The molecular formula is C3H11N3. The first-order valence-corrected chi connectivity index (χ1v) is 1.44. The quantitative estimate of drug-likeness (QED) is 0.359. The van der Waals surface area contributed by atoms with E-state index in [0.717, 1.165) is 0 Å². The first-order valence-electron chi connectivity index (χ1n) is 1.44. The fourth-order valence-corrected chi connectivity index (χ4v) is 0. The standard InChI is InChI=1S/C3H8N2.H3N/c1-5(2)3-4;/h3-4H,1-2H3;1H3. The first-order chi connectivity index (χ1) is 2.27. The molecule has 0 aromatic heterocycles. The van der Waals surface area contributed by atoms with Crippen molar-refractivity contribution in [1.82, 2.24) is 11.1 Å². The van der Waals surface area contributed by atoms with E-state index in [1.165, 1.54) is 6.34 Å². The van der Waals surface area contributed by atoms with Gasteiger partial charge in [-0.05, 0) is 0 Å². The molecule has 0 bridgehead atoms. The molecule has 0 saturated heterocycles. The van der Waals surface area contributed by atoms with Gasteiger partial charge in [0.05, 0.1) is 6.34 Å². The average Bonchev–Trinajstić information content (AvgIpc) is 1.38. The normalized spacial score (nSPS) is 5.67. The lowest BCUT2D eigenvalue weighted by Crippen LogP contribution is -2.05. The molecule has 0 atom stereocenters. The molecule has 0 heterocycles. The summed E-state index contributed by atoms with van der Waals surface area (Å²) < 4.78 is 0. The number of hydrogen-bond acceptors (Lipinski definition) is 2. The summed E-state index contributed by atoms with van der Waals surface area (Å²) >= 11 is 0. The van der Waals surface area contributed by atoms with Crippen LogP contribution in [0.5, 0.6) is 0 Å². The van der Waals surface area contributed by atoms with Gasteiger partial charge in [-0.3, -0.25) is 5.41 Å². The Morgan fingerprint density at radius 1 is 1.50 bits per heavy atom. The smallest absolute Gasteiger partial charge is 0.0812 e. The Hall–Kier alpha value is -0.570. The topological polar surface area (TPSA) is 62.1 Å². The molecule has 3 nitrogen and oxygen atoms in total. The molecule has 0 spiro atoms. The van der Waals surface area contributed by atoms with E-state index >= 15 is 0 Å². The number of rotatable bonds is 1. The molecule has 0 rings (SSSR count). The second kappa shape index (κ2) is 4.43. The van der Waals surface area contributed by atoms with E-state index < -0.39 is 0 Å². The summed E-state index contributed by atoms with van der Waals surface area (Å²) in [6.45, 7) is 0. The van der Waals surface area contributed by atoms with Crippen LogP contribution in [0.25, 0.3) is 0 Å². The average molecular weight is 89.1 g/mol. The molecule has 0 saturated carbocycles. The predicted octanol–water partition coefficient (Wildman–Crippen LogP) is 0.317. The molecule has 6 heavy (non-hydrogen) atoms. The zero-order valence-electron chi connectivity index (χ0n) is 4.23. The number of hydrogen-bond donors (Lipinski definition) is 2. The molecule has 0 aliphatic carbocycles. The van der Waals surface area contributed by atoms with Crippen molar-refractivity contribution in [2.24, 2.45) is 0 Å². The van der Waals surface area contributed by atoms with Gasteiger partial charge in [0.2, 0.25) is 0 Å². The van der Waals surface area contributed by atoms with Gasteiger partial charge in [0.1, 0.15) is 0 Å². The van der Waals surface area contributed by atoms with Gasteiger partial charge in [-0.1, -0.05) is 0 Å². The van der Waals surface area contributed by atoms with Gasteiger partial charge in [0.25, 0.3) is 0 Å². The van der Waals surface area contributed by atoms with E-state index in [1.807, 2.05) is 14.1 Å². The van der Waals surface area contributed by atoms with Gasteiger partial charge in [0, 0.05) is 14.1 Å². The van der Waals surface area contributed by atoms with Crippen LogP contribution >= 0.6 is 0 Å². The highest BCUT2D eigenvalue weighted by molar-refractivity contribution is 5.49. The van der Waals surface area contributed by atoms with Crippen LogP contribution < -0.4 is 6.15 Å². The summed E-state index contributed by atoms with van der Waals surface area (Å²) in [4.78, 5) is 1.67. The highest BCUT2D eigenvalue weighted by Gasteiger charge is 1.64. The van der Waals surface area contributed by atoms with Gasteiger partial charge in [-0.2, -0.15) is 0 Å². The second-order valence-corrected chi connectivity index (χ2v) is 1.09. The minimum atomic E-state index is 0. The molecule has 3 heteroatoms. The maximum absolute atomic E-state index is 6.46. The van der Waals surface area contributed by atoms with Crippen LogP contribution in [-0.4, -0.2) is 25.3 Å². The Kier molecular flexibility index (Phi) is 6.69. The minimum Gasteiger partial charge on any atom is -0.369 e. The fourth-order valence-electron chi connectivity index (χ4n) is 0. The summed E-state index contributed by atoms with van der Waals surface area (Å²) in [5.41, 5.74) is 0. The maximum atomic E-state index is 6.46. The molecule has 0 aromatic rings. The lowest BCUT2D eigenvalue weighted by molar-refractivity contribution is 0.639. The third kappa shape index (κ3) is 9.90. The van der Waals surface area contributed by atoms with Crippen molar-refractivity contribution >= 4 is 6.34 Å². The van der Waals surface area contributed by atoms with Gasteiger partial charge >= 0.3 is 0 Å². The van der Waals surface area contributed by atoms with E-state index in [0.29, 0.717) is 0 Å². The Labute approximate surface area is 38.1 Å². The van der Waals surface area contributed by atoms with Crippen molar-refractivity contribution < 1.29 is 0 Å². The van der Waals surface area contributed by atoms with Gasteiger partial charge in [-0.25, -0.2) is 0 Å². The third-order valence-corrected chi connectivity index (χ3v) is 0.258. The molecule has 38 valence electrons. The Bertz CT molecular complexity index is 33.0. The predicted molar refractivity (Wildman–Crippen MR) is 27.5 cm³/mol. The minimum absolute atomic E-state index is 0. The van der Waals surface area contributed by atoms with Crippen LogP contribution in [0.3, 0.4) is 0 Å². The summed E-state index contributed by atoms with van der Waals surface area (Å²) in [5, 5.41) is 6.46. The molecule has 0 fully saturated rings. The lowest BCUT2D eigenvalue weighted by atomic mass is 11.0. The molecule has 0 aromatic carbocycles. The van der Waals surface area contributed by atoms with Gasteiger partial charge in [0.15, 0.2) is 0 Å². The molecule has 0 aliphatic heterocycles. The molecule has 0 aliphatic rings. The zero-order valence-corrected chi connectivity index (χ0v) is 4.23. The monoisotopic (exact) mass is 89.1 g/mol. The number of nitrogens with zero attached hydrogens (tertiary/aromatic N) is 1. The van der Waals surface area contributed by atoms with Gasteiger partial charge < -0.3 is 11.1 Å². The van der Waals surface area contributed by atoms with Crippen LogP contribution in [-0.2, 0) is 0 Å². The summed E-state index contributed by atoms with van der Waals surface area (Å²) in [5.74, 6) is 0. The number of nitrogens with one attached hydrogen (secondary N) is 1. The highest BCUT2D eigenvalue weighted by Crippen LogP contribution is 1.53.